The van der Waals surface area contributed by atoms with Crippen LogP contribution in [0.5, 0.6) is 0 Å². The van der Waals surface area contributed by atoms with Gasteiger partial charge in [-0.2, -0.15) is 0 Å². The third kappa shape index (κ3) is 5.21. The van der Waals surface area contributed by atoms with Gasteiger partial charge in [0.15, 0.2) is 0 Å². The second-order valence-corrected chi connectivity index (χ2v) is 6.10. The normalized spacial score (nSPS) is 17.3. The molecule has 0 saturated heterocycles. The molecule has 0 aliphatic heterocycles. The second-order valence-electron chi connectivity index (χ2n) is 6.10. The molecule has 2 rings (SSSR count). The fraction of sp³-hybridized carbons (Fsp3) is 0.526. The highest BCUT2D eigenvalue weighted by Crippen LogP contribution is 2.27. The molecule has 120 valence electrons. The van der Waals surface area contributed by atoms with Gasteiger partial charge < -0.3 is 10.4 Å². The van der Waals surface area contributed by atoms with E-state index < -0.39 is 5.97 Å². The Balaban J connectivity index is 1.83. The van der Waals surface area contributed by atoms with Crippen LogP contribution in [0.4, 0.5) is 5.69 Å². The molecule has 1 aromatic rings. The molecule has 0 radical (unpaired) electrons. The van der Waals surface area contributed by atoms with E-state index in [1.807, 2.05) is 0 Å². The number of carboxylic acids is 1. The summed E-state index contributed by atoms with van der Waals surface area (Å²) in [5.41, 5.74) is 3.93. The summed E-state index contributed by atoms with van der Waals surface area (Å²) in [6.07, 6.45) is 10.3. The maximum atomic E-state index is 10.5. The summed E-state index contributed by atoms with van der Waals surface area (Å²) in [5.74, 6) is -0.717. The fourth-order valence-electron chi connectivity index (χ4n) is 3.00. The minimum Gasteiger partial charge on any atom is -0.481 e. The predicted molar refractivity (Wildman–Crippen MR) is 91.3 cm³/mol. The maximum absolute atomic E-state index is 10.5. The molecule has 3 nitrogen and oxygen atoms in total. The highest BCUT2D eigenvalue weighted by atomic mass is 16.4. The molecule has 3 heteroatoms. The molecule has 0 saturated carbocycles. The van der Waals surface area contributed by atoms with Gasteiger partial charge >= 0.3 is 5.97 Å². The van der Waals surface area contributed by atoms with Crippen LogP contribution in [0.1, 0.15) is 57.4 Å². The van der Waals surface area contributed by atoms with Crippen LogP contribution < -0.4 is 5.32 Å². The van der Waals surface area contributed by atoms with E-state index in [2.05, 4.69) is 42.6 Å². The van der Waals surface area contributed by atoms with E-state index >= 15 is 0 Å². The van der Waals surface area contributed by atoms with Crippen molar-refractivity contribution in [3.05, 3.63) is 41.5 Å². The number of carboxylic acid groups (broad SMARTS) is 1. The highest BCUT2D eigenvalue weighted by molar-refractivity contribution is 5.66. The first-order valence-electron chi connectivity index (χ1n) is 8.45. The van der Waals surface area contributed by atoms with Crippen LogP contribution in [0.25, 0.3) is 0 Å². The lowest BCUT2D eigenvalue weighted by molar-refractivity contribution is -0.137. The molecule has 0 heterocycles. The summed E-state index contributed by atoms with van der Waals surface area (Å²) in [5, 5.41) is 12.3. The van der Waals surface area contributed by atoms with Crippen LogP contribution in [0.15, 0.2) is 35.9 Å². The third-order valence-corrected chi connectivity index (χ3v) is 4.28. The monoisotopic (exact) mass is 301 g/mol. The Kier molecular flexibility index (Phi) is 6.50. The Hall–Kier alpha value is -1.77. The molecule has 22 heavy (non-hydrogen) atoms. The zero-order valence-corrected chi connectivity index (χ0v) is 13.5. The number of hydrogen-bond acceptors (Lipinski definition) is 2. The summed E-state index contributed by atoms with van der Waals surface area (Å²) in [4.78, 5) is 10.5. The molecule has 0 amide bonds. The standard InChI is InChI=1S/C19H27NO2/c1-2-3-7-16-8-5-9-18(16)20-17-13-11-15(12-14-17)6-4-10-19(21)22/h8,11-14,18,20H,2-7,9-10H2,1H3,(H,21,22). The lowest BCUT2D eigenvalue weighted by atomic mass is 10.0. The summed E-state index contributed by atoms with van der Waals surface area (Å²) in [6.45, 7) is 2.24. The lowest BCUT2D eigenvalue weighted by Crippen LogP contribution is -2.18. The van der Waals surface area contributed by atoms with Crippen molar-refractivity contribution < 1.29 is 9.90 Å². The molecule has 0 bridgehead atoms. The molecule has 0 aromatic heterocycles. The van der Waals surface area contributed by atoms with Gasteiger partial charge in [0, 0.05) is 18.2 Å². The zero-order valence-electron chi connectivity index (χ0n) is 13.5. The predicted octanol–water partition coefficient (Wildman–Crippen LogP) is 4.78. The number of anilines is 1. The average molecular weight is 301 g/mol. The highest BCUT2D eigenvalue weighted by Gasteiger charge is 2.18. The van der Waals surface area contributed by atoms with Crippen molar-refractivity contribution in [2.45, 2.75) is 64.3 Å². The number of nitrogens with one attached hydrogen (secondary N) is 1. The van der Waals surface area contributed by atoms with Crippen LogP contribution in [0.3, 0.4) is 0 Å². The number of benzene rings is 1. The van der Waals surface area contributed by atoms with Gasteiger partial charge in [0.25, 0.3) is 0 Å². The smallest absolute Gasteiger partial charge is 0.303 e. The minimum atomic E-state index is -0.717. The SMILES string of the molecule is CCCCC1=CCCC1Nc1ccc(CCCC(=O)O)cc1. The topological polar surface area (TPSA) is 49.3 Å². The Morgan fingerprint density at radius 2 is 2.00 bits per heavy atom. The number of aliphatic carboxylic acids is 1. The minimum absolute atomic E-state index is 0.244. The third-order valence-electron chi connectivity index (χ3n) is 4.28. The second kappa shape index (κ2) is 8.62. The van der Waals surface area contributed by atoms with E-state index in [1.165, 1.54) is 37.7 Å². The van der Waals surface area contributed by atoms with Gasteiger partial charge in [0.2, 0.25) is 0 Å². The zero-order chi connectivity index (χ0) is 15.8. The Morgan fingerprint density at radius 3 is 2.68 bits per heavy atom. The Morgan fingerprint density at radius 1 is 1.23 bits per heavy atom. The van der Waals surface area contributed by atoms with E-state index in [0.29, 0.717) is 12.5 Å². The molecule has 0 spiro atoms. The molecule has 1 atom stereocenters. The number of rotatable bonds is 9. The quantitative estimate of drug-likeness (QED) is 0.645. The van der Waals surface area contributed by atoms with Gasteiger partial charge in [-0.25, -0.2) is 0 Å². The van der Waals surface area contributed by atoms with Gasteiger partial charge in [0.05, 0.1) is 0 Å². The van der Waals surface area contributed by atoms with Crippen LogP contribution in [0, 0.1) is 0 Å². The number of aryl methyl sites for hydroxylation is 1. The van der Waals surface area contributed by atoms with E-state index in [9.17, 15) is 4.79 Å². The van der Waals surface area contributed by atoms with Crippen molar-refractivity contribution in [2.75, 3.05) is 5.32 Å². The first kappa shape index (κ1) is 16.6. The van der Waals surface area contributed by atoms with Crippen molar-refractivity contribution in [1.82, 2.24) is 0 Å². The van der Waals surface area contributed by atoms with Gasteiger partial charge in [-0.1, -0.05) is 37.1 Å². The number of hydrogen-bond donors (Lipinski definition) is 2. The van der Waals surface area contributed by atoms with Crippen molar-refractivity contribution in [3.8, 4) is 0 Å². The van der Waals surface area contributed by atoms with E-state index in [4.69, 9.17) is 5.11 Å². The Bertz CT molecular complexity index is 505. The van der Waals surface area contributed by atoms with Gasteiger partial charge in [-0.3, -0.25) is 4.79 Å². The van der Waals surface area contributed by atoms with Gasteiger partial charge in [-0.05, 0) is 56.2 Å². The van der Waals surface area contributed by atoms with E-state index in [-0.39, 0.29) is 6.42 Å². The summed E-state index contributed by atoms with van der Waals surface area (Å²) in [7, 11) is 0. The molecule has 0 fully saturated rings. The van der Waals surface area contributed by atoms with E-state index in [0.717, 1.165) is 12.1 Å². The first-order chi connectivity index (χ1) is 10.7. The van der Waals surface area contributed by atoms with Crippen LogP contribution >= 0.6 is 0 Å². The molecule has 1 unspecified atom stereocenters. The number of unbranched alkanes of at least 4 members (excludes halogenated alkanes) is 1. The molecule has 2 N–H and O–H groups in total. The fourth-order valence-corrected chi connectivity index (χ4v) is 3.00. The largest absolute Gasteiger partial charge is 0.481 e. The van der Waals surface area contributed by atoms with Crippen molar-refractivity contribution in [1.29, 1.82) is 0 Å². The first-order valence-corrected chi connectivity index (χ1v) is 8.45. The molecular formula is C19H27NO2. The summed E-state index contributed by atoms with van der Waals surface area (Å²) in [6, 6.07) is 8.94. The molecule has 1 aromatic carbocycles. The van der Waals surface area contributed by atoms with Gasteiger partial charge in [0.1, 0.15) is 0 Å². The summed E-state index contributed by atoms with van der Waals surface area (Å²) >= 11 is 0. The maximum Gasteiger partial charge on any atom is 0.303 e. The lowest BCUT2D eigenvalue weighted by Gasteiger charge is -2.18. The van der Waals surface area contributed by atoms with Crippen LogP contribution in [0.2, 0.25) is 0 Å². The van der Waals surface area contributed by atoms with Gasteiger partial charge in [-0.15, -0.1) is 0 Å². The molecular weight excluding hydrogens is 274 g/mol. The van der Waals surface area contributed by atoms with Crippen molar-refractivity contribution >= 4 is 11.7 Å². The Labute approximate surface area is 133 Å². The van der Waals surface area contributed by atoms with E-state index in [1.54, 1.807) is 5.57 Å². The number of allylic oxidation sites excluding steroid dienone is 1. The number of carbonyl (C=O) groups is 1. The molecule has 1 aliphatic carbocycles. The van der Waals surface area contributed by atoms with Crippen LogP contribution in [-0.2, 0) is 11.2 Å². The summed E-state index contributed by atoms with van der Waals surface area (Å²) < 4.78 is 0. The van der Waals surface area contributed by atoms with Crippen molar-refractivity contribution in [3.63, 3.8) is 0 Å². The van der Waals surface area contributed by atoms with Crippen molar-refractivity contribution in [2.24, 2.45) is 0 Å². The van der Waals surface area contributed by atoms with Crippen LogP contribution in [-0.4, -0.2) is 17.1 Å². The molecule has 1 aliphatic rings. The average Bonchev–Trinajstić information content (AvgIpc) is 2.94.